The highest BCUT2D eigenvalue weighted by atomic mass is 79.9. The Kier molecular flexibility index (Phi) is 5.52. The number of aromatic nitrogens is 1. The summed E-state index contributed by atoms with van der Waals surface area (Å²) in [5, 5.41) is 6.02. The van der Waals surface area contributed by atoms with Crippen LogP contribution in [0.2, 0.25) is 0 Å². The van der Waals surface area contributed by atoms with E-state index in [0.29, 0.717) is 5.56 Å². The van der Waals surface area contributed by atoms with E-state index in [1.165, 1.54) is 0 Å². The molecule has 3 aromatic rings. The molecule has 1 amide bonds. The predicted octanol–water partition coefficient (Wildman–Crippen LogP) is 4.66. The summed E-state index contributed by atoms with van der Waals surface area (Å²) in [5.41, 5.74) is 3.35. The fraction of sp³-hybridized carbons (Fsp3) is 0.200. The number of ether oxygens (including phenoxy) is 1. The van der Waals surface area contributed by atoms with Crippen molar-refractivity contribution in [3.63, 3.8) is 0 Å². The maximum absolute atomic E-state index is 12.3. The molecule has 1 aliphatic rings. The third-order valence-electron chi connectivity index (χ3n) is 4.30. The quantitative estimate of drug-likeness (QED) is 0.636. The summed E-state index contributed by atoms with van der Waals surface area (Å²) in [6, 6.07) is 15.1. The minimum atomic E-state index is -0.132. The highest BCUT2D eigenvalue weighted by Crippen LogP contribution is 2.28. The van der Waals surface area contributed by atoms with Gasteiger partial charge in [0.05, 0.1) is 18.9 Å². The Morgan fingerprint density at radius 2 is 1.93 bits per heavy atom. The second kappa shape index (κ2) is 8.21. The van der Waals surface area contributed by atoms with Crippen LogP contribution < -0.4 is 10.2 Å². The first-order valence-electron chi connectivity index (χ1n) is 8.64. The summed E-state index contributed by atoms with van der Waals surface area (Å²) < 4.78 is 6.27. The van der Waals surface area contributed by atoms with E-state index >= 15 is 0 Å². The summed E-state index contributed by atoms with van der Waals surface area (Å²) in [7, 11) is 0. The topological polar surface area (TPSA) is 54.5 Å². The Hall–Kier alpha value is -2.22. The minimum absolute atomic E-state index is 0.132. The van der Waals surface area contributed by atoms with Gasteiger partial charge >= 0.3 is 0 Å². The van der Waals surface area contributed by atoms with Crippen LogP contribution >= 0.6 is 27.3 Å². The summed E-state index contributed by atoms with van der Waals surface area (Å²) in [4.78, 5) is 19.3. The van der Waals surface area contributed by atoms with E-state index in [1.807, 2.05) is 36.4 Å². The second-order valence-electron chi connectivity index (χ2n) is 6.16. The van der Waals surface area contributed by atoms with E-state index in [4.69, 9.17) is 9.72 Å². The van der Waals surface area contributed by atoms with Crippen LogP contribution in [0.5, 0.6) is 0 Å². The lowest BCUT2D eigenvalue weighted by molar-refractivity contribution is 0.102. The van der Waals surface area contributed by atoms with Gasteiger partial charge in [-0.15, -0.1) is 11.3 Å². The van der Waals surface area contributed by atoms with Gasteiger partial charge in [0.2, 0.25) is 0 Å². The molecule has 1 aromatic heterocycles. The van der Waals surface area contributed by atoms with Crippen molar-refractivity contribution < 1.29 is 9.53 Å². The monoisotopic (exact) mass is 443 g/mol. The van der Waals surface area contributed by atoms with Crippen molar-refractivity contribution in [2.45, 2.75) is 0 Å². The van der Waals surface area contributed by atoms with Gasteiger partial charge in [-0.25, -0.2) is 4.98 Å². The molecule has 27 heavy (non-hydrogen) atoms. The van der Waals surface area contributed by atoms with Gasteiger partial charge in [0, 0.05) is 39.8 Å². The maximum atomic E-state index is 12.3. The summed E-state index contributed by atoms with van der Waals surface area (Å²) >= 11 is 5.04. The first kappa shape index (κ1) is 18.2. The van der Waals surface area contributed by atoms with E-state index in [9.17, 15) is 4.79 Å². The van der Waals surface area contributed by atoms with Crippen LogP contribution in [0.3, 0.4) is 0 Å². The van der Waals surface area contributed by atoms with Crippen LogP contribution in [0, 0.1) is 0 Å². The molecular formula is C20H18BrN3O2S. The van der Waals surface area contributed by atoms with Crippen molar-refractivity contribution >= 4 is 44.0 Å². The number of morpholine rings is 1. The number of anilines is 2. The van der Waals surface area contributed by atoms with Crippen molar-refractivity contribution in [2.75, 3.05) is 36.5 Å². The SMILES string of the molecule is O=C(Nc1ccc(-c2csc(N3CCOCC3)n2)cc1)c1cccc(Br)c1. The molecule has 1 aliphatic heterocycles. The van der Waals surface area contributed by atoms with E-state index in [-0.39, 0.29) is 5.91 Å². The summed E-state index contributed by atoms with van der Waals surface area (Å²) in [6.07, 6.45) is 0. The third kappa shape index (κ3) is 4.37. The molecule has 1 N–H and O–H groups in total. The van der Waals surface area contributed by atoms with E-state index in [2.05, 4.69) is 31.5 Å². The highest BCUT2D eigenvalue weighted by Gasteiger charge is 2.15. The average molecular weight is 444 g/mol. The Balaban J connectivity index is 1.44. The molecule has 0 aliphatic carbocycles. The molecule has 0 saturated carbocycles. The van der Waals surface area contributed by atoms with Gasteiger partial charge in [0.25, 0.3) is 5.91 Å². The number of amides is 1. The number of thiazole rings is 1. The molecule has 2 aromatic carbocycles. The average Bonchev–Trinajstić information content (AvgIpc) is 3.19. The predicted molar refractivity (Wildman–Crippen MR) is 113 cm³/mol. The van der Waals surface area contributed by atoms with E-state index in [1.54, 1.807) is 23.5 Å². The van der Waals surface area contributed by atoms with Gasteiger partial charge in [-0.2, -0.15) is 0 Å². The fourth-order valence-corrected chi connectivity index (χ4v) is 4.14. The zero-order valence-electron chi connectivity index (χ0n) is 14.5. The number of carbonyl (C=O) groups is 1. The second-order valence-corrected chi connectivity index (χ2v) is 7.91. The number of carbonyl (C=O) groups excluding carboxylic acids is 1. The number of rotatable bonds is 4. The van der Waals surface area contributed by atoms with Crippen molar-refractivity contribution in [1.29, 1.82) is 0 Å². The number of halogens is 1. The van der Waals surface area contributed by atoms with Gasteiger partial charge in [-0.05, 0) is 30.3 Å². The smallest absolute Gasteiger partial charge is 0.255 e. The fourth-order valence-electron chi connectivity index (χ4n) is 2.85. The molecular weight excluding hydrogens is 426 g/mol. The van der Waals surface area contributed by atoms with Crippen LogP contribution in [0.4, 0.5) is 10.8 Å². The number of benzene rings is 2. The Morgan fingerprint density at radius 3 is 2.67 bits per heavy atom. The summed E-state index contributed by atoms with van der Waals surface area (Å²) in [6.45, 7) is 3.27. The maximum Gasteiger partial charge on any atom is 0.255 e. The third-order valence-corrected chi connectivity index (χ3v) is 5.69. The normalized spacial score (nSPS) is 14.2. The van der Waals surface area contributed by atoms with Gasteiger partial charge < -0.3 is 15.0 Å². The van der Waals surface area contributed by atoms with Gasteiger partial charge in [0.15, 0.2) is 5.13 Å². The molecule has 1 fully saturated rings. The number of hydrogen-bond acceptors (Lipinski definition) is 5. The minimum Gasteiger partial charge on any atom is -0.378 e. The van der Waals surface area contributed by atoms with Crippen molar-refractivity contribution in [2.24, 2.45) is 0 Å². The molecule has 0 atom stereocenters. The first-order chi connectivity index (χ1) is 13.2. The van der Waals surface area contributed by atoms with Gasteiger partial charge in [0.1, 0.15) is 0 Å². The zero-order valence-corrected chi connectivity index (χ0v) is 16.9. The molecule has 1 saturated heterocycles. The molecule has 7 heteroatoms. The molecule has 0 bridgehead atoms. The number of hydrogen-bond donors (Lipinski definition) is 1. The zero-order chi connectivity index (χ0) is 18.6. The van der Waals surface area contributed by atoms with Crippen LogP contribution in [0.1, 0.15) is 10.4 Å². The molecule has 4 rings (SSSR count). The Morgan fingerprint density at radius 1 is 1.15 bits per heavy atom. The Bertz CT molecular complexity index is 936. The van der Waals surface area contributed by atoms with Gasteiger partial charge in [-0.1, -0.05) is 34.1 Å². The van der Waals surface area contributed by atoms with Crippen LogP contribution in [0.25, 0.3) is 11.3 Å². The van der Waals surface area contributed by atoms with Crippen molar-refractivity contribution in [3.8, 4) is 11.3 Å². The standard InChI is InChI=1S/C20H18BrN3O2S/c21-16-3-1-2-15(12-16)19(25)22-17-6-4-14(5-7-17)18-13-27-20(23-18)24-8-10-26-11-9-24/h1-7,12-13H,8-11H2,(H,22,25). The highest BCUT2D eigenvalue weighted by molar-refractivity contribution is 9.10. The first-order valence-corrected chi connectivity index (χ1v) is 10.3. The van der Waals surface area contributed by atoms with Crippen LogP contribution in [0.15, 0.2) is 58.4 Å². The molecule has 138 valence electrons. The lowest BCUT2D eigenvalue weighted by Gasteiger charge is -2.26. The van der Waals surface area contributed by atoms with E-state index < -0.39 is 0 Å². The molecule has 5 nitrogen and oxygen atoms in total. The largest absolute Gasteiger partial charge is 0.378 e. The van der Waals surface area contributed by atoms with Crippen LogP contribution in [-0.4, -0.2) is 37.2 Å². The number of nitrogens with zero attached hydrogens (tertiary/aromatic N) is 2. The van der Waals surface area contributed by atoms with Crippen molar-refractivity contribution in [3.05, 3.63) is 63.9 Å². The molecule has 2 heterocycles. The lowest BCUT2D eigenvalue weighted by atomic mass is 10.1. The van der Waals surface area contributed by atoms with Crippen molar-refractivity contribution in [1.82, 2.24) is 4.98 Å². The molecule has 0 radical (unpaired) electrons. The molecule has 0 spiro atoms. The molecule has 0 unspecified atom stereocenters. The lowest BCUT2D eigenvalue weighted by Crippen LogP contribution is -2.36. The summed E-state index contributed by atoms with van der Waals surface area (Å²) in [5.74, 6) is -0.132. The van der Waals surface area contributed by atoms with E-state index in [0.717, 1.165) is 52.9 Å². The van der Waals surface area contributed by atoms with Crippen LogP contribution in [-0.2, 0) is 4.74 Å². The number of nitrogens with one attached hydrogen (secondary N) is 1. The Labute approximate surface area is 170 Å². The van der Waals surface area contributed by atoms with Gasteiger partial charge in [-0.3, -0.25) is 4.79 Å².